The molecule has 1 aromatic rings. The van der Waals surface area contributed by atoms with Gasteiger partial charge in [-0.25, -0.2) is 0 Å². The molecule has 1 heterocycles. The molecule has 1 aromatic carbocycles. The van der Waals surface area contributed by atoms with Gasteiger partial charge in [-0.2, -0.15) is 0 Å². The first-order valence-corrected chi connectivity index (χ1v) is 7.23. The number of piperidine rings is 1. The van der Waals surface area contributed by atoms with Crippen molar-refractivity contribution in [1.82, 2.24) is 4.90 Å². The molecule has 0 radical (unpaired) electrons. The lowest BCUT2D eigenvalue weighted by molar-refractivity contribution is -0.110. The van der Waals surface area contributed by atoms with E-state index in [0.717, 1.165) is 37.2 Å². The highest BCUT2D eigenvalue weighted by Gasteiger charge is 2.20. The molecule has 0 aliphatic carbocycles. The lowest BCUT2D eigenvalue weighted by atomic mass is 10.1. The van der Waals surface area contributed by atoms with Gasteiger partial charge in [0.1, 0.15) is 0 Å². The second-order valence-corrected chi connectivity index (χ2v) is 5.51. The molecule has 102 valence electrons. The standard InChI is InChI=1S/C14H17ClN2OS/c1-10-11(15)6-5-7-12(10)16-13(18)14(19)17-8-3-2-4-9-17/h5-7H,2-4,8-9H2,1H3,(H,16,18). The van der Waals surface area contributed by atoms with Crippen molar-refractivity contribution in [3.63, 3.8) is 0 Å². The average Bonchev–Trinajstić information content (AvgIpc) is 2.44. The molecule has 1 aliphatic rings. The zero-order valence-corrected chi connectivity index (χ0v) is 12.5. The number of nitrogens with one attached hydrogen (secondary N) is 1. The van der Waals surface area contributed by atoms with Crippen LogP contribution in [0.5, 0.6) is 0 Å². The third kappa shape index (κ3) is 3.45. The summed E-state index contributed by atoms with van der Waals surface area (Å²) in [6, 6.07) is 5.45. The summed E-state index contributed by atoms with van der Waals surface area (Å²) in [5.41, 5.74) is 1.58. The van der Waals surface area contributed by atoms with Crippen LogP contribution in [0.25, 0.3) is 0 Å². The Morgan fingerprint density at radius 3 is 2.68 bits per heavy atom. The Morgan fingerprint density at radius 1 is 1.32 bits per heavy atom. The summed E-state index contributed by atoms with van der Waals surface area (Å²) in [6.45, 7) is 3.63. The van der Waals surface area contributed by atoms with Crippen LogP contribution in [0.4, 0.5) is 5.69 Å². The van der Waals surface area contributed by atoms with Crippen LogP contribution in [0, 0.1) is 6.92 Å². The molecule has 19 heavy (non-hydrogen) atoms. The first kappa shape index (κ1) is 14.3. The number of hydrogen-bond donors (Lipinski definition) is 1. The second-order valence-electron chi connectivity index (χ2n) is 4.72. The van der Waals surface area contributed by atoms with Gasteiger partial charge in [0.2, 0.25) is 0 Å². The van der Waals surface area contributed by atoms with Gasteiger partial charge in [-0.3, -0.25) is 4.79 Å². The molecule has 1 N–H and O–H groups in total. The second kappa shape index (κ2) is 6.35. The normalized spacial score (nSPS) is 15.2. The third-order valence-corrected chi connectivity index (χ3v) is 4.21. The number of anilines is 1. The van der Waals surface area contributed by atoms with E-state index >= 15 is 0 Å². The number of amides is 1. The monoisotopic (exact) mass is 296 g/mol. The molecule has 0 spiro atoms. The molecule has 1 fully saturated rings. The minimum atomic E-state index is -0.220. The third-order valence-electron chi connectivity index (χ3n) is 3.35. The van der Waals surface area contributed by atoms with Crippen LogP contribution in [0.1, 0.15) is 24.8 Å². The lowest BCUT2D eigenvalue weighted by Crippen LogP contribution is -2.41. The zero-order chi connectivity index (χ0) is 13.8. The number of likely N-dealkylation sites (tertiary alicyclic amines) is 1. The summed E-state index contributed by atoms with van der Waals surface area (Å²) in [5, 5.41) is 3.48. The van der Waals surface area contributed by atoms with E-state index in [9.17, 15) is 4.79 Å². The predicted molar refractivity (Wildman–Crippen MR) is 82.8 cm³/mol. The van der Waals surface area contributed by atoms with Gasteiger partial charge in [0.05, 0.1) is 0 Å². The maximum absolute atomic E-state index is 12.1. The number of nitrogens with zero attached hydrogens (tertiary/aromatic N) is 1. The number of hydrogen-bond acceptors (Lipinski definition) is 2. The maximum Gasteiger partial charge on any atom is 0.283 e. The van der Waals surface area contributed by atoms with Gasteiger partial charge in [0, 0.05) is 23.8 Å². The van der Waals surface area contributed by atoms with Crippen LogP contribution in [0.2, 0.25) is 5.02 Å². The number of benzene rings is 1. The predicted octanol–water partition coefficient (Wildman–Crippen LogP) is 3.40. The van der Waals surface area contributed by atoms with Crippen molar-refractivity contribution >= 4 is 40.4 Å². The Balaban J connectivity index is 2.04. The number of halogens is 1. The fourth-order valence-corrected chi connectivity index (χ4v) is 2.57. The molecule has 0 atom stereocenters. The van der Waals surface area contributed by atoms with Crippen LogP contribution < -0.4 is 5.32 Å². The topological polar surface area (TPSA) is 32.3 Å². The van der Waals surface area contributed by atoms with Crippen molar-refractivity contribution in [3.05, 3.63) is 28.8 Å². The summed E-state index contributed by atoms with van der Waals surface area (Å²) in [7, 11) is 0. The van der Waals surface area contributed by atoms with E-state index in [1.807, 2.05) is 24.0 Å². The van der Waals surface area contributed by atoms with Crippen molar-refractivity contribution in [1.29, 1.82) is 0 Å². The van der Waals surface area contributed by atoms with Crippen molar-refractivity contribution < 1.29 is 4.79 Å². The van der Waals surface area contributed by atoms with Crippen LogP contribution in [0.15, 0.2) is 18.2 Å². The van der Waals surface area contributed by atoms with E-state index in [1.165, 1.54) is 6.42 Å². The first-order valence-electron chi connectivity index (χ1n) is 6.45. The fraction of sp³-hybridized carbons (Fsp3) is 0.429. The average molecular weight is 297 g/mol. The van der Waals surface area contributed by atoms with Gasteiger partial charge < -0.3 is 10.2 Å². The molecule has 0 bridgehead atoms. The molecular formula is C14H17ClN2OS. The number of rotatable bonds is 1. The molecule has 3 nitrogen and oxygen atoms in total. The van der Waals surface area contributed by atoms with Gasteiger partial charge in [-0.05, 0) is 43.9 Å². The van der Waals surface area contributed by atoms with Gasteiger partial charge in [-0.15, -0.1) is 0 Å². The Bertz CT molecular complexity index is 498. The largest absolute Gasteiger partial charge is 0.358 e. The molecule has 0 saturated carbocycles. The Kier molecular flexibility index (Phi) is 4.77. The maximum atomic E-state index is 12.1. The van der Waals surface area contributed by atoms with Crippen molar-refractivity contribution in [2.45, 2.75) is 26.2 Å². The molecule has 1 amide bonds. The molecular weight excluding hydrogens is 280 g/mol. The smallest absolute Gasteiger partial charge is 0.283 e. The molecule has 1 aliphatic heterocycles. The Morgan fingerprint density at radius 2 is 2.00 bits per heavy atom. The Hall–Kier alpha value is -1.13. The van der Waals surface area contributed by atoms with Crippen molar-refractivity contribution in [3.8, 4) is 0 Å². The van der Waals surface area contributed by atoms with Crippen molar-refractivity contribution in [2.24, 2.45) is 0 Å². The summed E-state index contributed by atoms with van der Waals surface area (Å²) in [4.78, 5) is 14.5. The molecule has 0 unspecified atom stereocenters. The van der Waals surface area contributed by atoms with Crippen LogP contribution in [-0.4, -0.2) is 28.9 Å². The van der Waals surface area contributed by atoms with E-state index < -0.39 is 0 Å². The number of carbonyl (C=O) groups is 1. The van der Waals surface area contributed by atoms with Gasteiger partial charge in [-0.1, -0.05) is 29.9 Å². The zero-order valence-electron chi connectivity index (χ0n) is 10.9. The minimum absolute atomic E-state index is 0.220. The Labute approximate surface area is 123 Å². The highest BCUT2D eigenvalue weighted by Crippen LogP contribution is 2.23. The van der Waals surface area contributed by atoms with Crippen LogP contribution >= 0.6 is 23.8 Å². The van der Waals surface area contributed by atoms with Crippen LogP contribution in [-0.2, 0) is 4.79 Å². The van der Waals surface area contributed by atoms with E-state index in [4.69, 9.17) is 23.8 Å². The van der Waals surface area contributed by atoms with E-state index in [2.05, 4.69) is 5.32 Å². The highest BCUT2D eigenvalue weighted by atomic mass is 35.5. The van der Waals surface area contributed by atoms with Gasteiger partial charge in [0.15, 0.2) is 4.99 Å². The quantitative estimate of drug-likeness (QED) is 0.806. The minimum Gasteiger partial charge on any atom is -0.358 e. The van der Waals surface area contributed by atoms with E-state index in [1.54, 1.807) is 6.07 Å². The number of carbonyl (C=O) groups excluding carboxylic acids is 1. The van der Waals surface area contributed by atoms with Gasteiger partial charge >= 0.3 is 0 Å². The fourth-order valence-electron chi connectivity index (χ4n) is 2.16. The first-order chi connectivity index (χ1) is 9.09. The SMILES string of the molecule is Cc1c(Cl)cccc1NC(=O)C(=S)N1CCCCC1. The summed E-state index contributed by atoms with van der Waals surface area (Å²) in [5.74, 6) is -0.220. The lowest BCUT2D eigenvalue weighted by Gasteiger charge is -2.28. The number of thiocarbonyl (C=S) groups is 1. The molecule has 1 saturated heterocycles. The summed E-state index contributed by atoms with van der Waals surface area (Å²) >= 11 is 11.3. The molecule has 0 aromatic heterocycles. The molecule has 5 heteroatoms. The van der Waals surface area contributed by atoms with E-state index in [0.29, 0.717) is 10.0 Å². The summed E-state index contributed by atoms with van der Waals surface area (Å²) < 4.78 is 0. The summed E-state index contributed by atoms with van der Waals surface area (Å²) in [6.07, 6.45) is 3.42. The van der Waals surface area contributed by atoms with Crippen molar-refractivity contribution in [2.75, 3.05) is 18.4 Å². The van der Waals surface area contributed by atoms with Gasteiger partial charge in [0.25, 0.3) is 5.91 Å². The van der Waals surface area contributed by atoms with Crippen LogP contribution in [0.3, 0.4) is 0 Å². The molecule has 2 rings (SSSR count). The van der Waals surface area contributed by atoms with E-state index in [-0.39, 0.29) is 5.91 Å². The highest BCUT2D eigenvalue weighted by molar-refractivity contribution is 7.82.